The zero-order chi connectivity index (χ0) is 28.0. The van der Waals surface area contributed by atoms with Crippen LogP contribution < -0.4 is 10.6 Å². The summed E-state index contributed by atoms with van der Waals surface area (Å²) in [4.78, 5) is 13.4. The summed E-state index contributed by atoms with van der Waals surface area (Å²) in [5.41, 5.74) is 0.165. The van der Waals surface area contributed by atoms with Crippen LogP contribution in [0.15, 0.2) is 24.3 Å². The van der Waals surface area contributed by atoms with E-state index in [0.29, 0.717) is 13.2 Å². The molecule has 1 aromatic carbocycles. The third kappa shape index (κ3) is 7.52. The van der Waals surface area contributed by atoms with Gasteiger partial charge in [-0.05, 0) is 49.6 Å². The largest absolute Gasteiger partial charge is 0.388 e. The number of hydrogen-bond donors (Lipinski definition) is 5. The maximum absolute atomic E-state index is 13.8. The minimum absolute atomic E-state index is 0.0720. The van der Waals surface area contributed by atoms with Crippen LogP contribution in [0.2, 0.25) is 0 Å². The first kappa shape index (κ1) is 31.8. The summed E-state index contributed by atoms with van der Waals surface area (Å²) in [7, 11) is 0. The zero-order valence-corrected chi connectivity index (χ0v) is 23.9. The van der Waals surface area contributed by atoms with E-state index >= 15 is 0 Å². The molecule has 38 heavy (non-hydrogen) atoms. The maximum Gasteiger partial charge on any atom is 0.240 e. The van der Waals surface area contributed by atoms with E-state index in [4.69, 9.17) is 21.1 Å². The van der Waals surface area contributed by atoms with E-state index in [0.717, 1.165) is 18.4 Å². The first-order valence-electron chi connectivity index (χ1n) is 12.5. The summed E-state index contributed by atoms with van der Waals surface area (Å²) in [6.45, 7) is 2.70. The highest BCUT2D eigenvalue weighted by Gasteiger charge is 2.49. The Hall–Kier alpha value is -0.700. The molecule has 1 aromatic rings. The van der Waals surface area contributed by atoms with Gasteiger partial charge in [0.15, 0.2) is 0 Å². The highest BCUT2D eigenvalue weighted by atomic mass is 35.5. The number of aliphatic hydroxyl groups is 3. The second kappa shape index (κ2) is 14.8. The molecule has 216 valence electrons. The quantitative estimate of drug-likeness (QED) is 0.314. The van der Waals surface area contributed by atoms with E-state index in [1.54, 1.807) is 25.3 Å². The van der Waals surface area contributed by atoms with Crippen molar-refractivity contribution >= 4 is 41.4 Å². The van der Waals surface area contributed by atoms with Crippen LogP contribution in [0.4, 0.5) is 8.28 Å². The minimum Gasteiger partial charge on any atom is -0.388 e. The molecule has 0 aromatic heterocycles. The lowest BCUT2D eigenvalue weighted by atomic mass is 9.85. The van der Waals surface area contributed by atoms with Gasteiger partial charge in [0, 0.05) is 37.5 Å². The van der Waals surface area contributed by atoms with E-state index < -0.39 is 47.3 Å². The zero-order valence-electron chi connectivity index (χ0n) is 21.5. The second-order valence-electron chi connectivity index (χ2n) is 9.80. The summed E-state index contributed by atoms with van der Waals surface area (Å²) < 4.78 is 35.9. The summed E-state index contributed by atoms with van der Waals surface area (Å²) in [5.74, 6) is -0.387. The molecule has 0 aliphatic carbocycles. The fourth-order valence-electron chi connectivity index (χ4n) is 5.45. The van der Waals surface area contributed by atoms with Gasteiger partial charge < -0.3 is 35.4 Å². The molecule has 4 rings (SSSR count). The van der Waals surface area contributed by atoms with Crippen LogP contribution in [0.1, 0.15) is 31.2 Å². The van der Waals surface area contributed by atoms with E-state index in [-0.39, 0.29) is 41.8 Å². The van der Waals surface area contributed by atoms with Gasteiger partial charge in [-0.1, -0.05) is 12.1 Å². The van der Waals surface area contributed by atoms with Gasteiger partial charge in [0.2, 0.25) is 5.91 Å². The molecule has 3 aliphatic heterocycles. The molecule has 3 heterocycles. The Balaban J connectivity index is 0.00000127. The Morgan fingerprint density at radius 3 is 2.58 bits per heavy atom. The van der Waals surface area contributed by atoms with Crippen molar-refractivity contribution in [3.63, 3.8) is 0 Å². The fraction of sp³-hybridized carbons (Fsp3) is 0.720. The van der Waals surface area contributed by atoms with E-state index in [1.165, 1.54) is 24.1 Å². The topological polar surface area (TPSA) is 120 Å². The molecule has 5 N–H and O–H groups in total. The number of ether oxygens (including phenoxy) is 2. The molecule has 11 atom stereocenters. The number of rotatable bonds is 6. The molecule has 8 nitrogen and oxygen atoms in total. The van der Waals surface area contributed by atoms with Crippen LogP contribution in [0.25, 0.3) is 0 Å². The van der Waals surface area contributed by atoms with Gasteiger partial charge in [-0.25, -0.2) is 4.39 Å². The Kier molecular flexibility index (Phi) is 12.4. The normalized spacial score (nSPS) is 36.7. The Labute approximate surface area is 235 Å². The molecule has 0 spiro atoms. The minimum atomic E-state index is -1.43. The number of benzene rings is 1. The second-order valence-corrected chi connectivity index (χ2v) is 11.7. The van der Waals surface area contributed by atoms with Crippen molar-refractivity contribution in [3.8, 4) is 0 Å². The number of carbonyl (C=O) groups is 1. The fourth-order valence-corrected chi connectivity index (χ4v) is 6.33. The smallest absolute Gasteiger partial charge is 0.240 e. The van der Waals surface area contributed by atoms with Crippen LogP contribution in [-0.4, -0.2) is 100 Å². The molecule has 0 radical (unpaired) electrons. The summed E-state index contributed by atoms with van der Waals surface area (Å²) >= 11 is 7.84. The Bertz CT molecular complexity index is 907. The SMILES string of the molecule is CSC1O[C@H]([C@H](NC(=O)[C@H]2NC[C@@H]3C[C@@H](c4cccc(F)c4)CCO[C@H]32)[C@H](C)Cl)C(O)[C@@H](O)[C@H]1O.CSF. The Morgan fingerprint density at radius 1 is 1.24 bits per heavy atom. The number of halogens is 3. The first-order valence-corrected chi connectivity index (χ1v) is 15.4. The van der Waals surface area contributed by atoms with Crippen LogP contribution in [0.5, 0.6) is 0 Å². The predicted octanol–water partition coefficient (Wildman–Crippen LogP) is 2.19. The van der Waals surface area contributed by atoms with E-state index in [1.807, 2.05) is 6.07 Å². The van der Waals surface area contributed by atoms with Crippen LogP contribution in [-0.2, 0) is 14.3 Å². The molecule has 0 bridgehead atoms. The van der Waals surface area contributed by atoms with Crippen molar-refractivity contribution in [2.24, 2.45) is 5.92 Å². The summed E-state index contributed by atoms with van der Waals surface area (Å²) in [5, 5.41) is 36.6. The van der Waals surface area contributed by atoms with Crippen LogP contribution >= 0.6 is 35.5 Å². The Morgan fingerprint density at radius 2 is 1.95 bits per heavy atom. The number of alkyl halides is 1. The average molecular weight is 599 g/mol. The van der Waals surface area contributed by atoms with Gasteiger partial charge in [-0.3, -0.25) is 4.79 Å². The first-order chi connectivity index (χ1) is 18.1. The van der Waals surface area contributed by atoms with Gasteiger partial charge in [-0.2, -0.15) is 3.89 Å². The molecule has 0 saturated carbocycles. The molecule has 3 aliphatic rings. The number of amides is 1. The van der Waals surface area contributed by atoms with Gasteiger partial charge in [0.25, 0.3) is 0 Å². The molecule has 2 unspecified atom stereocenters. The van der Waals surface area contributed by atoms with Gasteiger partial charge >= 0.3 is 0 Å². The molecular weight excluding hydrogens is 562 g/mol. The van der Waals surface area contributed by atoms with E-state index in [9.17, 15) is 28.4 Å². The van der Waals surface area contributed by atoms with Crippen molar-refractivity contribution in [1.29, 1.82) is 0 Å². The molecular formula is C25H37ClF2N2O6S2. The highest BCUT2D eigenvalue weighted by Crippen LogP contribution is 2.36. The molecule has 3 fully saturated rings. The van der Waals surface area contributed by atoms with Crippen LogP contribution in [0, 0.1) is 11.7 Å². The van der Waals surface area contributed by atoms with Gasteiger partial charge in [0.1, 0.15) is 41.7 Å². The lowest BCUT2D eigenvalue weighted by Crippen LogP contribution is -2.65. The molecule has 1 amide bonds. The highest BCUT2D eigenvalue weighted by molar-refractivity contribution is 7.99. The van der Waals surface area contributed by atoms with Crippen molar-refractivity contribution in [3.05, 3.63) is 35.6 Å². The number of carbonyl (C=O) groups excluding carboxylic acids is 1. The third-order valence-corrected chi connectivity index (χ3v) is 8.48. The number of thioether (sulfide) groups is 1. The van der Waals surface area contributed by atoms with Crippen LogP contribution in [0.3, 0.4) is 0 Å². The predicted molar refractivity (Wildman–Crippen MR) is 145 cm³/mol. The number of fused-ring (bicyclic) bond motifs is 1. The summed E-state index contributed by atoms with van der Waals surface area (Å²) in [6.07, 6.45) is -0.883. The van der Waals surface area contributed by atoms with Gasteiger partial charge in [-0.15, -0.1) is 23.4 Å². The van der Waals surface area contributed by atoms with Crippen molar-refractivity contribution in [1.82, 2.24) is 10.6 Å². The third-order valence-electron chi connectivity index (χ3n) is 7.36. The lowest BCUT2D eigenvalue weighted by molar-refractivity contribution is -0.205. The number of hydrogen-bond acceptors (Lipinski definition) is 9. The van der Waals surface area contributed by atoms with E-state index in [2.05, 4.69) is 10.6 Å². The van der Waals surface area contributed by atoms with Gasteiger partial charge in [0.05, 0.1) is 17.5 Å². The maximum atomic E-state index is 13.8. The lowest BCUT2D eigenvalue weighted by Gasteiger charge is -2.44. The van der Waals surface area contributed by atoms with Crippen molar-refractivity contribution in [2.75, 3.05) is 25.7 Å². The summed E-state index contributed by atoms with van der Waals surface area (Å²) in [6, 6.07) is 5.19. The van der Waals surface area contributed by atoms with Crippen molar-refractivity contribution < 1.29 is 37.9 Å². The monoisotopic (exact) mass is 598 g/mol. The molecule has 13 heteroatoms. The number of nitrogens with one attached hydrogen (secondary N) is 2. The molecule has 3 saturated heterocycles. The average Bonchev–Trinajstić information content (AvgIpc) is 3.16. The standard InChI is InChI=1S/C24H34ClFN2O6S.CH3FS/c1-11(25)16(22-19(30)18(29)20(31)24(34-22)35-2)28-23(32)17-21-14(10-27-17)8-13(6-7-33-21)12-4-3-5-15(26)9-12;1-3-2/h3-5,9,11,13-14,16-22,24,27,29-31H,6-8,10H2,1-2H3,(H,28,32);1H3/t11-,13-,14-,16+,17-,18+,19?,20+,21+,22+,24?;/m0./s1. The number of aliphatic hydroxyl groups excluding tert-OH is 3. The van der Waals surface area contributed by atoms with Crippen molar-refractivity contribution in [2.45, 2.75) is 79.1 Å².